The number of nitrogens with zero attached hydrogens (tertiary/aromatic N) is 3. The zero-order valence-electron chi connectivity index (χ0n) is 12.0. The lowest BCUT2D eigenvalue weighted by atomic mass is 10.1. The normalized spacial score (nSPS) is 10.7. The molecule has 0 aliphatic carbocycles. The van der Waals surface area contributed by atoms with Crippen molar-refractivity contribution in [2.45, 2.75) is 19.8 Å². The zero-order valence-corrected chi connectivity index (χ0v) is 12.0. The van der Waals surface area contributed by atoms with Gasteiger partial charge in [-0.05, 0) is 36.2 Å². The van der Waals surface area contributed by atoms with Crippen LogP contribution in [0.15, 0.2) is 54.7 Å². The van der Waals surface area contributed by atoms with E-state index in [-0.39, 0.29) is 0 Å². The fourth-order valence-corrected chi connectivity index (χ4v) is 2.28. The standard InChI is InChI=1S/C17H18N4/c1-2-3-13-4-6-14(7-5-13)17-12-21(20-19-17)16-10-8-15(18)9-11-16/h4-12H,2-3,18H2,1H3. The molecule has 3 rings (SSSR count). The molecule has 4 heteroatoms. The van der Waals surface area contributed by atoms with Gasteiger partial charge in [-0.25, -0.2) is 4.68 Å². The average Bonchev–Trinajstić information content (AvgIpc) is 2.99. The first-order valence-electron chi connectivity index (χ1n) is 7.14. The van der Waals surface area contributed by atoms with Crippen molar-refractivity contribution in [3.63, 3.8) is 0 Å². The van der Waals surface area contributed by atoms with Gasteiger partial charge in [0.2, 0.25) is 0 Å². The third-order valence-corrected chi connectivity index (χ3v) is 3.44. The van der Waals surface area contributed by atoms with Gasteiger partial charge in [0.05, 0.1) is 11.9 Å². The van der Waals surface area contributed by atoms with Gasteiger partial charge in [-0.15, -0.1) is 5.10 Å². The molecule has 2 N–H and O–H groups in total. The molecule has 0 spiro atoms. The van der Waals surface area contributed by atoms with Gasteiger partial charge in [-0.3, -0.25) is 0 Å². The van der Waals surface area contributed by atoms with Crippen molar-refractivity contribution in [1.82, 2.24) is 15.0 Å². The molecule has 1 heterocycles. The van der Waals surface area contributed by atoms with Crippen LogP contribution in [0.5, 0.6) is 0 Å². The Morgan fingerprint density at radius 1 is 1.00 bits per heavy atom. The van der Waals surface area contributed by atoms with E-state index in [1.54, 1.807) is 4.68 Å². The van der Waals surface area contributed by atoms with Crippen molar-refractivity contribution < 1.29 is 0 Å². The van der Waals surface area contributed by atoms with E-state index in [0.717, 1.165) is 35.5 Å². The number of anilines is 1. The highest BCUT2D eigenvalue weighted by Gasteiger charge is 2.05. The molecule has 0 bridgehead atoms. The number of rotatable bonds is 4. The number of aryl methyl sites for hydroxylation is 1. The van der Waals surface area contributed by atoms with Crippen LogP contribution in [0.25, 0.3) is 16.9 Å². The fourth-order valence-electron chi connectivity index (χ4n) is 2.28. The molecule has 0 aliphatic rings. The van der Waals surface area contributed by atoms with Crippen LogP contribution in [0, 0.1) is 0 Å². The summed E-state index contributed by atoms with van der Waals surface area (Å²) in [6.45, 7) is 2.19. The maximum Gasteiger partial charge on any atom is 0.113 e. The van der Waals surface area contributed by atoms with E-state index in [1.807, 2.05) is 30.5 Å². The third-order valence-electron chi connectivity index (χ3n) is 3.44. The lowest BCUT2D eigenvalue weighted by Gasteiger charge is -2.01. The number of nitrogens with two attached hydrogens (primary N) is 1. The summed E-state index contributed by atoms with van der Waals surface area (Å²) in [5, 5.41) is 8.42. The van der Waals surface area contributed by atoms with Gasteiger partial charge in [-0.2, -0.15) is 0 Å². The number of nitrogen functional groups attached to an aromatic ring is 1. The number of hydrogen-bond donors (Lipinski definition) is 1. The molecular weight excluding hydrogens is 260 g/mol. The molecule has 0 unspecified atom stereocenters. The first kappa shape index (κ1) is 13.4. The van der Waals surface area contributed by atoms with Gasteiger partial charge in [-0.1, -0.05) is 42.8 Å². The third kappa shape index (κ3) is 2.94. The fraction of sp³-hybridized carbons (Fsp3) is 0.176. The summed E-state index contributed by atoms with van der Waals surface area (Å²) >= 11 is 0. The molecule has 106 valence electrons. The van der Waals surface area contributed by atoms with Crippen molar-refractivity contribution in [1.29, 1.82) is 0 Å². The highest BCUT2D eigenvalue weighted by atomic mass is 15.4. The molecule has 4 nitrogen and oxygen atoms in total. The predicted octanol–water partition coefficient (Wildman–Crippen LogP) is 3.47. The minimum Gasteiger partial charge on any atom is -0.399 e. The Kier molecular flexibility index (Phi) is 3.69. The molecule has 3 aromatic rings. The summed E-state index contributed by atoms with van der Waals surface area (Å²) in [6, 6.07) is 16.1. The van der Waals surface area contributed by atoms with Crippen LogP contribution in [-0.4, -0.2) is 15.0 Å². The molecule has 0 radical (unpaired) electrons. The Hall–Kier alpha value is -2.62. The van der Waals surface area contributed by atoms with Crippen molar-refractivity contribution in [2.24, 2.45) is 0 Å². The minimum absolute atomic E-state index is 0.741. The smallest absolute Gasteiger partial charge is 0.113 e. The molecule has 0 fully saturated rings. The summed E-state index contributed by atoms with van der Waals surface area (Å²) in [7, 11) is 0. The van der Waals surface area contributed by atoms with Gasteiger partial charge in [0.15, 0.2) is 0 Å². The molecule has 0 saturated heterocycles. The van der Waals surface area contributed by atoms with Crippen LogP contribution in [-0.2, 0) is 6.42 Å². The van der Waals surface area contributed by atoms with Crippen LogP contribution < -0.4 is 5.73 Å². The lowest BCUT2D eigenvalue weighted by Crippen LogP contribution is -1.95. The van der Waals surface area contributed by atoms with Crippen molar-refractivity contribution in [2.75, 3.05) is 5.73 Å². The Labute approximate surface area is 124 Å². The number of hydrogen-bond acceptors (Lipinski definition) is 3. The number of benzene rings is 2. The molecule has 0 aliphatic heterocycles. The first-order chi connectivity index (χ1) is 10.3. The molecule has 0 amide bonds. The molecule has 0 saturated carbocycles. The second kappa shape index (κ2) is 5.79. The summed E-state index contributed by atoms with van der Waals surface area (Å²) < 4.78 is 1.76. The topological polar surface area (TPSA) is 56.7 Å². The van der Waals surface area contributed by atoms with E-state index in [9.17, 15) is 0 Å². The highest BCUT2D eigenvalue weighted by Crippen LogP contribution is 2.19. The summed E-state index contributed by atoms with van der Waals surface area (Å²) in [6.07, 6.45) is 4.20. The summed E-state index contributed by atoms with van der Waals surface area (Å²) in [5.74, 6) is 0. The quantitative estimate of drug-likeness (QED) is 0.743. The second-order valence-corrected chi connectivity index (χ2v) is 5.09. The second-order valence-electron chi connectivity index (χ2n) is 5.09. The maximum absolute atomic E-state index is 5.69. The van der Waals surface area contributed by atoms with Gasteiger partial charge >= 0.3 is 0 Å². The van der Waals surface area contributed by atoms with Crippen molar-refractivity contribution in [3.05, 3.63) is 60.3 Å². The monoisotopic (exact) mass is 278 g/mol. The van der Waals surface area contributed by atoms with Crippen LogP contribution in [0.2, 0.25) is 0 Å². The Bertz CT molecular complexity index is 711. The Balaban J connectivity index is 1.85. The van der Waals surface area contributed by atoms with Gasteiger partial charge in [0.1, 0.15) is 5.69 Å². The Morgan fingerprint density at radius 3 is 2.38 bits per heavy atom. The summed E-state index contributed by atoms with van der Waals surface area (Å²) in [5.41, 5.74) is 10.7. The van der Waals surface area contributed by atoms with Gasteiger partial charge < -0.3 is 5.73 Å². The average molecular weight is 278 g/mol. The maximum atomic E-state index is 5.69. The zero-order chi connectivity index (χ0) is 14.7. The summed E-state index contributed by atoms with van der Waals surface area (Å²) in [4.78, 5) is 0. The predicted molar refractivity (Wildman–Crippen MR) is 85.2 cm³/mol. The molecular formula is C17H18N4. The van der Waals surface area contributed by atoms with E-state index >= 15 is 0 Å². The van der Waals surface area contributed by atoms with E-state index in [0.29, 0.717) is 0 Å². The van der Waals surface area contributed by atoms with Gasteiger partial charge in [0, 0.05) is 11.3 Å². The van der Waals surface area contributed by atoms with Crippen LogP contribution in [0.1, 0.15) is 18.9 Å². The molecule has 2 aromatic carbocycles. The largest absolute Gasteiger partial charge is 0.399 e. The van der Waals surface area contributed by atoms with E-state index in [1.165, 1.54) is 5.56 Å². The van der Waals surface area contributed by atoms with E-state index in [2.05, 4.69) is 41.5 Å². The minimum atomic E-state index is 0.741. The number of aromatic nitrogens is 3. The van der Waals surface area contributed by atoms with Crippen molar-refractivity contribution >= 4 is 5.69 Å². The van der Waals surface area contributed by atoms with Crippen LogP contribution in [0.3, 0.4) is 0 Å². The molecule has 1 aromatic heterocycles. The van der Waals surface area contributed by atoms with E-state index in [4.69, 9.17) is 5.73 Å². The molecule has 0 atom stereocenters. The molecule has 21 heavy (non-hydrogen) atoms. The van der Waals surface area contributed by atoms with E-state index < -0.39 is 0 Å². The Morgan fingerprint density at radius 2 is 1.71 bits per heavy atom. The first-order valence-corrected chi connectivity index (χ1v) is 7.14. The SMILES string of the molecule is CCCc1ccc(-c2cn(-c3ccc(N)cc3)nn2)cc1. The lowest BCUT2D eigenvalue weighted by molar-refractivity contribution is 0.804. The van der Waals surface area contributed by atoms with Gasteiger partial charge in [0.25, 0.3) is 0 Å². The highest BCUT2D eigenvalue weighted by molar-refractivity contribution is 5.58. The van der Waals surface area contributed by atoms with Crippen LogP contribution >= 0.6 is 0 Å². The van der Waals surface area contributed by atoms with Crippen LogP contribution in [0.4, 0.5) is 5.69 Å². The van der Waals surface area contributed by atoms with Crippen molar-refractivity contribution in [3.8, 4) is 16.9 Å².